The smallest absolute Gasteiger partial charge is 0.339 e. The molecule has 0 spiro atoms. The van der Waals surface area contributed by atoms with Gasteiger partial charge in [-0.05, 0) is 18.2 Å². The fourth-order valence-corrected chi connectivity index (χ4v) is 2.82. The zero-order valence-electron chi connectivity index (χ0n) is 16.6. The first-order valence-corrected chi connectivity index (χ1v) is 9.19. The molecule has 0 N–H and O–H groups in total. The highest BCUT2D eigenvalue weighted by Crippen LogP contribution is 2.25. The summed E-state index contributed by atoms with van der Waals surface area (Å²) >= 11 is 0. The lowest BCUT2D eigenvalue weighted by Gasteiger charge is -2.34. The summed E-state index contributed by atoms with van der Waals surface area (Å²) in [5, 5.41) is 11.2. The fourth-order valence-electron chi connectivity index (χ4n) is 2.82. The van der Waals surface area contributed by atoms with Crippen LogP contribution in [-0.2, 0) is 4.74 Å². The van der Waals surface area contributed by atoms with E-state index in [0.717, 1.165) is 0 Å². The van der Waals surface area contributed by atoms with E-state index in [2.05, 4.69) is 14.7 Å². The van der Waals surface area contributed by atoms with Crippen molar-refractivity contribution in [2.24, 2.45) is 0 Å². The number of methoxy groups -OCH3 is 1. The molecule has 154 valence electrons. The molecule has 3 rings (SSSR count). The molecule has 2 aromatic rings. The lowest BCUT2D eigenvalue weighted by molar-refractivity contribution is -0.384. The molecule has 0 aliphatic carbocycles. The van der Waals surface area contributed by atoms with Gasteiger partial charge in [-0.1, -0.05) is 13.8 Å². The highest BCUT2D eigenvalue weighted by atomic mass is 16.6. The number of anilines is 1. The molecule has 1 amide bonds. The van der Waals surface area contributed by atoms with Crippen molar-refractivity contribution in [1.82, 2.24) is 14.9 Å². The number of piperazine rings is 1. The van der Waals surface area contributed by atoms with Crippen molar-refractivity contribution in [1.29, 1.82) is 0 Å². The Balaban J connectivity index is 0.00000145. The van der Waals surface area contributed by atoms with Gasteiger partial charge in [-0.3, -0.25) is 19.9 Å². The number of hydrogen-bond donors (Lipinski definition) is 0. The third kappa shape index (κ3) is 5.03. The summed E-state index contributed by atoms with van der Waals surface area (Å²) in [7, 11) is 1.27. The Kier molecular flexibility index (Phi) is 7.58. The molecule has 0 unspecified atom stereocenters. The van der Waals surface area contributed by atoms with E-state index in [1.165, 1.54) is 43.8 Å². The molecule has 0 bridgehead atoms. The van der Waals surface area contributed by atoms with Gasteiger partial charge in [0.2, 0.25) is 5.82 Å². The molecule has 1 aliphatic rings. The Bertz CT molecular complexity index is 864. The Labute approximate surface area is 168 Å². The summed E-state index contributed by atoms with van der Waals surface area (Å²) in [6.07, 6.45) is 2.80. The monoisotopic (exact) mass is 401 g/mol. The van der Waals surface area contributed by atoms with Gasteiger partial charge in [-0.15, -0.1) is 0 Å². The van der Waals surface area contributed by atoms with Crippen LogP contribution in [0.25, 0.3) is 0 Å². The SMILES string of the molecule is CC.COC(=O)c1ccc(C(=O)N2CCN(c3ncccc3[N+](=O)[O-])CC2)nc1. The number of ether oxygens (including phenoxy) is 1. The predicted octanol–water partition coefficient (Wildman–Crippen LogP) is 2.16. The Morgan fingerprint density at radius 1 is 1.10 bits per heavy atom. The van der Waals surface area contributed by atoms with Crippen molar-refractivity contribution < 1.29 is 19.2 Å². The van der Waals surface area contributed by atoms with Crippen molar-refractivity contribution in [3.05, 3.63) is 58.0 Å². The van der Waals surface area contributed by atoms with Gasteiger partial charge in [0.25, 0.3) is 5.91 Å². The van der Waals surface area contributed by atoms with E-state index in [0.29, 0.717) is 32.0 Å². The highest BCUT2D eigenvalue weighted by molar-refractivity contribution is 5.94. The quantitative estimate of drug-likeness (QED) is 0.434. The lowest BCUT2D eigenvalue weighted by atomic mass is 10.2. The molecule has 0 radical (unpaired) electrons. The summed E-state index contributed by atoms with van der Waals surface area (Å²) in [4.78, 5) is 46.2. The maximum Gasteiger partial charge on any atom is 0.339 e. The van der Waals surface area contributed by atoms with Gasteiger partial charge in [0.05, 0.1) is 17.6 Å². The Morgan fingerprint density at radius 3 is 2.34 bits per heavy atom. The predicted molar refractivity (Wildman–Crippen MR) is 106 cm³/mol. The minimum absolute atomic E-state index is 0.0580. The van der Waals surface area contributed by atoms with Gasteiger partial charge >= 0.3 is 11.7 Å². The van der Waals surface area contributed by atoms with Crippen LogP contribution in [0.2, 0.25) is 0 Å². The number of carbonyl (C=O) groups is 2. The topological polar surface area (TPSA) is 119 Å². The second kappa shape index (κ2) is 10.1. The maximum absolute atomic E-state index is 12.6. The van der Waals surface area contributed by atoms with E-state index < -0.39 is 10.9 Å². The number of pyridine rings is 2. The molecule has 0 saturated carbocycles. The van der Waals surface area contributed by atoms with Gasteiger partial charge < -0.3 is 14.5 Å². The van der Waals surface area contributed by atoms with Crippen LogP contribution in [-0.4, -0.2) is 65.0 Å². The fraction of sp³-hybridized carbons (Fsp3) is 0.368. The molecule has 29 heavy (non-hydrogen) atoms. The van der Waals surface area contributed by atoms with Gasteiger partial charge in [-0.2, -0.15) is 0 Å². The van der Waals surface area contributed by atoms with E-state index in [-0.39, 0.29) is 22.9 Å². The number of aromatic nitrogens is 2. The molecule has 10 heteroatoms. The molecule has 10 nitrogen and oxygen atoms in total. The third-order valence-corrected chi connectivity index (χ3v) is 4.23. The molecule has 0 atom stereocenters. The lowest BCUT2D eigenvalue weighted by Crippen LogP contribution is -2.49. The number of hydrogen-bond acceptors (Lipinski definition) is 8. The van der Waals surface area contributed by atoms with Gasteiger partial charge in [-0.25, -0.2) is 9.78 Å². The van der Waals surface area contributed by atoms with E-state index in [9.17, 15) is 19.7 Å². The number of nitro groups is 1. The van der Waals surface area contributed by atoms with Crippen LogP contribution in [0.15, 0.2) is 36.7 Å². The summed E-state index contributed by atoms with van der Waals surface area (Å²) in [5.74, 6) is -0.483. The van der Waals surface area contributed by atoms with Gasteiger partial charge in [0.15, 0.2) is 0 Å². The van der Waals surface area contributed by atoms with Crippen molar-refractivity contribution in [2.45, 2.75) is 13.8 Å². The van der Waals surface area contributed by atoms with Crippen LogP contribution in [0.5, 0.6) is 0 Å². The molecular weight excluding hydrogens is 378 g/mol. The van der Waals surface area contributed by atoms with Crippen molar-refractivity contribution in [3.8, 4) is 0 Å². The molecule has 0 aromatic carbocycles. The van der Waals surface area contributed by atoms with E-state index >= 15 is 0 Å². The summed E-state index contributed by atoms with van der Waals surface area (Å²) in [6, 6.07) is 5.89. The molecule has 2 aromatic heterocycles. The zero-order chi connectivity index (χ0) is 21.4. The normalized spacial score (nSPS) is 13.2. The Hall–Kier alpha value is -3.56. The average molecular weight is 401 g/mol. The maximum atomic E-state index is 12.6. The molecule has 1 aliphatic heterocycles. The summed E-state index contributed by atoms with van der Waals surface area (Å²) in [6.45, 7) is 5.60. The van der Waals surface area contributed by atoms with Crippen molar-refractivity contribution >= 4 is 23.4 Å². The number of carbonyl (C=O) groups excluding carboxylic acids is 2. The average Bonchev–Trinajstić information content (AvgIpc) is 2.79. The first-order valence-electron chi connectivity index (χ1n) is 9.19. The van der Waals surface area contributed by atoms with Crippen LogP contribution in [0.3, 0.4) is 0 Å². The van der Waals surface area contributed by atoms with Crippen LogP contribution in [0, 0.1) is 10.1 Å². The number of nitrogens with zero attached hydrogens (tertiary/aromatic N) is 5. The van der Waals surface area contributed by atoms with Crippen LogP contribution < -0.4 is 4.90 Å². The third-order valence-electron chi connectivity index (χ3n) is 4.23. The van der Waals surface area contributed by atoms with Gasteiger partial charge in [0.1, 0.15) is 5.69 Å². The summed E-state index contributed by atoms with van der Waals surface area (Å²) < 4.78 is 4.60. The van der Waals surface area contributed by atoms with Gasteiger partial charge in [0, 0.05) is 44.6 Å². The Morgan fingerprint density at radius 2 is 1.79 bits per heavy atom. The van der Waals surface area contributed by atoms with Crippen LogP contribution in [0.1, 0.15) is 34.7 Å². The number of rotatable bonds is 4. The highest BCUT2D eigenvalue weighted by Gasteiger charge is 2.27. The second-order valence-corrected chi connectivity index (χ2v) is 5.81. The van der Waals surface area contributed by atoms with E-state index in [1.807, 2.05) is 13.8 Å². The first kappa shape index (κ1) is 21.7. The standard InChI is InChI=1S/C17H17N5O5.C2H6/c1-27-17(24)12-4-5-13(19-11-12)16(23)21-9-7-20(8-10-21)15-14(22(25)26)3-2-6-18-15;1-2/h2-6,11H,7-10H2,1H3;1-2H3. The minimum Gasteiger partial charge on any atom is -0.465 e. The number of esters is 1. The van der Waals surface area contributed by atoms with Crippen molar-refractivity contribution in [3.63, 3.8) is 0 Å². The largest absolute Gasteiger partial charge is 0.465 e. The minimum atomic E-state index is -0.521. The molecule has 3 heterocycles. The number of amides is 1. The zero-order valence-corrected chi connectivity index (χ0v) is 16.6. The molecular formula is C19H23N5O5. The summed E-state index contributed by atoms with van der Waals surface area (Å²) in [5.41, 5.74) is 0.429. The van der Waals surface area contributed by atoms with Crippen molar-refractivity contribution in [2.75, 3.05) is 38.2 Å². The second-order valence-electron chi connectivity index (χ2n) is 5.81. The molecule has 1 saturated heterocycles. The van der Waals surface area contributed by atoms with Crippen LogP contribution >= 0.6 is 0 Å². The van der Waals surface area contributed by atoms with Crippen LogP contribution in [0.4, 0.5) is 11.5 Å². The molecule has 1 fully saturated rings. The van der Waals surface area contributed by atoms with E-state index in [1.54, 1.807) is 9.80 Å². The first-order chi connectivity index (χ1) is 14.0. The van der Waals surface area contributed by atoms with E-state index in [4.69, 9.17) is 0 Å².